The molecular formula is C21H25N7O. The van der Waals surface area contributed by atoms with Crippen molar-refractivity contribution in [3.05, 3.63) is 42.1 Å². The maximum atomic E-state index is 13.1. The molecule has 0 aromatic carbocycles. The molecule has 7 rings (SSSR count). The van der Waals surface area contributed by atoms with Gasteiger partial charge >= 0.3 is 0 Å². The maximum absolute atomic E-state index is 13.1. The number of imidazole rings is 1. The van der Waals surface area contributed by atoms with Gasteiger partial charge in [-0.2, -0.15) is 4.80 Å². The Bertz CT molecular complexity index is 1070. The first-order valence-electron chi connectivity index (χ1n) is 10.5. The van der Waals surface area contributed by atoms with Crippen molar-refractivity contribution in [3.63, 3.8) is 0 Å². The quantitative estimate of drug-likeness (QED) is 0.735. The molecule has 3 aromatic heterocycles. The summed E-state index contributed by atoms with van der Waals surface area (Å²) in [6.45, 7) is 2.04. The smallest absolute Gasteiger partial charge is 0.226 e. The first-order chi connectivity index (χ1) is 14.0. The number of carbonyl (C=O) groups excluding carboxylic acids is 1. The molecule has 8 nitrogen and oxygen atoms in total. The van der Waals surface area contributed by atoms with Gasteiger partial charge in [0.05, 0.1) is 17.7 Å². The van der Waals surface area contributed by atoms with Crippen LogP contribution in [0, 0.1) is 18.8 Å². The highest BCUT2D eigenvalue weighted by atomic mass is 16.1. The van der Waals surface area contributed by atoms with Crippen LogP contribution in [-0.2, 0) is 16.8 Å². The number of rotatable bonds is 4. The summed E-state index contributed by atoms with van der Waals surface area (Å²) in [5, 5.41) is 16.1. The second kappa shape index (κ2) is 5.87. The van der Waals surface area contributed by atoms with E-state index in [2.05, 4.69) is 25.7 Å². The fraction of sp³-hybridized carbons (Fsp3) is 0.571. The number of tetrazole rings is 1. The number of hydrogen-bond donors (Lipinski definition) is 1. The lowest BCUT2D eigenvalue weighted by Gasteiger charge is -2.61. The zero-order valence-corrected chi connectivity index (χ0v) is 16.6. The molecule has 2 unspecified atom stereocenters. The highest BCUT2D eigenvalue weighted by Gasteiger charge is 2.60. The highest BCUT2D eigenvalue weighted by molar-refractivity contribution is 5.79. The van der Waals surface area contributed by atoms with Crippen molar-refractivity contribution in [2.24, 2.45) is 11.8 Å². The second-order valence-electron chi connectivity index (χ2n) is 9.55. The molecule has 8 heteroatoms. The topological polar surface area (TPSA) is 90.0 Å². The van der Waals surface area contributed by atoms with Crippen LogP contribution in [0.3, 0.4) is 0 Å². The predicted molar refractivity (Wildman–Crippen MR) is 105 cm³/mol. The third-order valence-corrected chi connectivity index (χ3v) is 7.36. The Morgan fingerprint density at radius 3 is 2.86 bits per heavy atom. The van der Waals surface area contributed by atoms with Crippen LogP contribution in [0.4, 0.5) is 0 Å². The SMILES string of the molecule is Cc1cccn2c(CC(=O)NC34CC5CC(C3)CC(n3ncnn3)(C5)C4)cnc12. The number of aromatic nitrogens is 6. The van der Waals surface area contributed by atoms with E-state index in [1.807, 2.05) is 40.6 Å². The Morgan fingerprint density at radius 1 is 1.28 bits per heavy atom. The summed E-state index contributed by atoms with van der Waals surface area (Å²) in [5.74, 6) is 1.33. The maximum Gasteiger partial charge on any atom is 0.226 e. The number of pyridine rings is 1. The molecule has 3 aromatic rings. The molecule has 4 bridgehead atoms. The molecule has 4 aliphatic rings. The van der Waals surface area contributed by atoms with Crippen molar-refractivity contribution in [3.8, 4) is 0 Å². The van der Waals surface area contributed by atoms with Crippen LogP contribution >= 0.6 is 0 Å². The van der Waals surface area contributed by atoms with E-state index in [0.29, 0.717) is 18.3 Å². The molecule has 4 fully saturated rings. The van der Waals surface area contributed by atoms with Crippen LogP contribution in [0.5, 0.6) is 0 Å². The van der Waals surface area contributed by atoms with E-state index in [1.165, 1.54) is 12.7 Å². The molecule has 0 spiro atoms. The molecule has 0 saturated heterocycles. The fourth-order valence-corrected chi connectivity index (χ4v) is 6.82. The first kappa shape index (κ1) is 17.1. The number of nitrogens with one attached hydrogen (secondary N) is 1. The Morgan fingerprint density at radius 2 is 2.10 bits per heavy atom. The molecule has 4 saturated carbocycles. The van der Waals surface area contributed by atoms with Crippen LogP contribution in [-0.4, -0.2) is 41.0 Å². The van der Waals surface area contributed by atoms with Gasteiger partial charge in [-0.05, 0) is 74.1 Å². The minimum absolute atomic E-state index is 0.0805. The first-order valence-corrected chi connectivity index (χ1v) is 10.5. The van der Waals surface area contributed by atoms with Crippen molar-refractivity contribution in [2.45, 2.75) is 62.9 Å². The van der Waals surface area contributed by atoms with Gasteiger partial charge in [0, 0.05) is 17.9 Å². The van der Waals surface area contributed by atoms with E-state index in [0.717, 1.165) is 49.0 Å². The largest absolute Gasteiger partial charge is 0.350 e. The number of hydrogen-bond acceptors (Lipinski definition) is 5. The number of carbonyl (C=O) groups is 1. The molecule has 2 atom stereocenters. The molecule has 3 heterocycles. The molecule has 1 N–H and O–H groups in total. The van der Waals surface area contributed by atoms with E-state index in [1.54, 1.807) is 0 Å². The lowest BCUT2D eigenvalue weighted by Crippen LogP contribution is -2.66. The Kier molecular flexibility index (Phi) is 3.47. The Balaban J connectivity index is 1.26. The number of amides is 1. The molecule has 0 radical (unpaired) electrons. The van der Waals surface area contributed by atoms with E-state index in [-0.39, 0.29) is 17.0 Å². The van der Waals surface area contributed by atoms with Crippen LogP contribution in [0.25, 0.3) is 5.65 Å². The average Bonchev–Trinajstić information content (AvgIpc) is 3.32. The summed E-state index contributed by atoms with van der Waals surface area (Å²) in [4.78, 5) is 19.4. The molecule has 150 valence electrons. The molecule has 1 amide bonds. The van der Waals surface area contributed by atoms with E-state index >= 15 is 0 Å². The number of aryl methyl sites for hydroxylation is 1. The summed E-state index contributed by atoms with van der Waals surface area (Å²) >= 11 is 0. The molecule has 29 heavy (non-hydrogen) atoms. The van der Waals surface area contributed by atoms with Gasteiger partial charge in [0.25, 0.3) is 0 Å². The van der Waals surface area contributed by atoms with Gasteiger partial charge in [-0.1, -0.05) is 6.07 Å². The lowest BCUT2D eigenvalue weighted by molar-refractivity contribution is -0.130. The summed E-state index contributed by atoms with van der Waals surface area (Å²) in [7, 11) is 0. The van der Waals surface area contributed by atoms with E-state index in [9.17, 15) is 4.79 Å². The van der Waals surface area contributed by atoms with Gasteiger partial charge in [0.15, 0.2) is 6.33 Å². The predicted octanol–water partition coefficient (Wildman–Crippen LogP) is 2.04. The van der Waals surface area contributed by atoms with Crippen LogP contribution in [0.15, 0.2) is 30.9 Å². The van der Waals surface area contributed by atoms with Gasteiger partial charge in [0.2, 0.25) is 5.91 Å². The Hall–Kier alpha value is -2.77. The van der Waals surface area contributed by atoms with Crippen molar-refractivity contribution >= 4 is 11.6 Å². The monoisotopic (exact) mass is 391 g/mol. The van der Waals surface area contributed by atoms with Crippen molar-refractivity contribution in [1.29, 1.82) is 0 Å². The van der Waals surface area contributed by atoms with Gasteiger partial charge in [-0.3, -0.25) is 4.79 Å². The normalized spacial score (nSPS) is 32.7. The van der Waals surface area contributed by atoms with Gasteiger partial charge < -0.3 is 9.72 Å². The molecule has 0 aliphatic heterocycles. The van der Waals surface area contributed by atoms with Crippen molar-refractivity contribution in [1.82, 2.24) is 34.9 Å². The average molecular weight is 391 g/mol. The van der Waals surface area contributed by atoms with Crippen molar-refractivity contribution in [2.75, 3.05) is 0 Å². The van der Waals surface area contributed by atoms with Gasteiger partial charge in [-0.15, -0.1) is 10.2 Å². The molecule has 4 aliphatic carbocycles. The highest BCUT2D eigenvalue weighted by Crippen LogP contribution is 2.60. The summed E-state index contributed by atoms with van der Waals surface area (Å²) < 4.78 is 2.02. The zero-order valence-electron chi connectivity index (χ0n) is 16.6. The third-order valence-electron chi connectivity index (χ3n) is 7.36. The third kappa shape index (κ3) is 2.61. The minimum Gasteiger partial charge on any atom is -0.350 e. The number of nitrogens with zero attached hydrogens (tertiary/aromatic N) is 6. The van der Waals surface area contributed by atoms with Crippen molar-refractivity contribution < 1.29 is 4.79 Å². The Labute approximate surface area is 168 Å². The summed E-state index contributed by atoms with van der Waals surface area (Å²) in [5.41, 5.74) is 2.72. The van der Waals surface area contributed by atoms with Gasteiger partial charge in [-0.25, -0.2) is 4.98 Å². The van der Waals surface area contributed by atoms with E-state index < -0.39 is 0 Å². The number of fused-ring (bicyclic) bond motifs is 1. The van der Waals surface area contributed by atoms with Crippen LogP contribution < -0.4 is 5.32 Å². The van der Waals surface area contributed by atoms with Crippen LogP contribution in [0.2, 0.25) is 0 Å². The molecular weight excluding hydrogens is 366 g/mol. The fourth-order valence-electron chi connectivity index (χ4n) is 6.82. The summed E-state index contributed by atoms with van der Waals surface area (Å²) in [6, 6.07) is 4.04. The zero-order chi connectivity index (χ0) is 19.6. The summed E-state index contributed by atoms with van der Waals surface area (Å²) in [6.07, 6.45) is 12.2. The lowest BCUT2D eigenvalue weighted by atomic mass is 9.50. The van der Waals surface area contributed by atoms with E-state index in [4.69, 9.17) is 0 Å². The second-order valence-corrected chi connectivity index (χ2v) is 9.55. The minimum atomic E-state index is -0.148. The van der Waals surface area contributed by atoms with Gasteiger partial charge in [0.1, 0.15) is 5.65 Å². The standard InChI is InChI=1S/C21H25N7O/c1-14-3-2-4-27-17(11-22-19(14)27)6-18(29)25-20-7-15-5-16(8-20)10-21(9-15,12-20)28-24-13-23-26-28/h2-4,11,13,15-16H,5-10,12H2,1H3,(H,25,29). The van der Waals surface area contributed by atoms with Crippen LogP contribution in [0.1, 0.15) is 49.8 Å².